The highest BCUT2D eigenvalue weighted by Gasteiger charge is 2.20. The van der Waals surface area contributed by atoms with E-state index in [0.29, 0.717) is 17.1 Å². The standard InChI is InChI=1S/C21H25N3O3/c1-15(2)27-19-12-5-4-9-16(19)23-20(25)17-10-8-11-18(22-17)21(26)24-13-6-3-7-14-24/h4-5,8-12,15H,3,6-7,13-14H2,1-2H3,(H,23,25). The van der Waals surface area contributed by atoms with Gasteiger partial charge in [-0.3, -0.25) is 9.59 Å². The molecular weight excluding hydrogens is 342 g/mol. The zero-order chi connectivity index (χ0) is 19.2. The topological polar surface area (TPSA) is 71.5 Å². The number of pyridine rings is 1. The minimum Gasteiger partial charge on any atom is -0.489 e. The highest BCUT2D eigenvalue weighted by Crippen LogP contribution is 2.25. The summed E-state index contributed by atoms with van der Waals surface area (Å²) in [6.07, 6.45) is 3.17. The molecule has 2 aromatic rings. The van der Waals surface area contributed by atoms with E-state index < -0.39 is 0 Å². The van der Waals surface area contributed by atoms with Gasteiger partial charge in [0.25, 0.3) is 11.8 Å². The summed E-state index contributed by atoms with van der Waals surface area (Å²) in [4.78, 5) is 31.4. The molecule has 2 heterocycles. The lowest BCUT2D eigenvalue weighted by Crippen LogP contribution is -2.36. The Balaban J connectivity index is 1.75. The molecule has 2 amide bonds. The minimum absolute atomic E-state index is 0.00771. The summed E-state index contributed by atoms with van der Waals surface area (Å²) in [7, 11) is 0. The van der Waals surface area contributed by atoms with Crippen molar-refractivity contribution in [1.29, 1.82) is 0 Å². The highest BCUT2D eigenvalue weighted by atomic mass is 16.5. The molecule has 0 aliphatic carbocycles. The molecule has 1 aliphatic rings. The maximum Gasteiger partial charge on any atom is 0.274 e. The summed E-state index contributed by atoms with van der Waals surface area (Å²) in [5.74, 6) is 0.109. The predicted molar refractivity (Wildman–Crippen MR) is 104 cm³/mol. The number of aromatic nitrogens is 1. The highest BCUT2D eigenvalue weighted by molar-refractivity contribution is 6.04. The Morgan fingerprint density at radius 2 is 1.70 bits per heavy atom. The van der Waals surface area contributed by atoms with Crippen LogP contribution in [0.1, 0.15) is 54.1 Å². The van der Waals surface area contributed by atoms with Crippen molar-refractivity contribution in [3.63, 3.8) is 0 Å². The van der Waals surface area contributed by atoms with E-state index in [-0.39, 0.29) is 23.6 Å². The third kappa shape index (κ3) is 4.84. The normalized spacial score (nSPS) is 14.1. The Kier molecular flexibility index (Phi) is 6.06. The summed E-state index contributed by atoms with van der Waals surface area (Å²) in [6, 6.07) is 12.2. The van der Waals surface area contributed by atoms with Crippen LogP contribution in [-0.4, -0.2) is 40.9 Å². The van der Waals surface area contributed by atoms with Crippen LogP contribution >= 0.6 is 0 Å². The van der Waals surface area contributed by atoms with E-state index in [1.165, 1.54) is 0 Å². The number of nitrogens with zero attached hydrogens (tertiary/aromatic N) is 2. The van der Waals surface area contributed by atoms with Gasteiger partial charge in [0.2, 0.25) is 0 Å². The lowest BCUT2D eigenvalue weighted by molar-refractivity contribution is 0.0718. The molecule has 1 N–H and O–H groups in total. The predicted octanol–water partition coefficient (Wildman–Crippen LogP) is 3.75. The number of hydrogen-bond donors (Lipinski definition) is 1. The van der Waals surface area contributed by atoms with Gasteiger partial charge in [-0.1, -0.05) is 18.2 Å². The number of carbonyl (C=O) groups is 2. The number of piperidine rings is 1. The van der Waals surface area contributed by atoms with Gasteiger partial charge in [-0.05, 0) is 57.4 Å². The van der Waals surface area contributed by atoms with Crippen LogP contribution in [0.2, 0.25) is 0 Å². The summed E-state index contributed by atoms with van der Waals surface area (Å²) < 4.78 is 5.73. The van der Waals surface area contributed by atoms with Crippen LogP contribution in [0.3, 0.4) is 0 Å². The molecule has 6 heteroatoms. The minimum atomic E-state index is -0.372. The number of carbonyl (C=O) groups excluding carboxylic acids is 2. The van der Waals surface area contributed by atoms with Crippen molar-refractivity contribution in [2.75, 3.05) is 18.4 Å². The molecule has 0 unspecified atom stereocenters. The average molecular weight is 367 g/mol. The zero-order valence-electron chi connectivity index (χ0n) is 15.8. The van der Waals surface area contributed by atoms with Crippen LogP contribution in [0.15, 0.2) is 42.5 Å². The van der Waals surface area contributed by atoms with Gasteiger partial charge in [-0.15, -0.1) is 0 Å². The summed E-state index contributed by atoms with van der Waals surface area (Å²) >= 11 is 0. The van der Waals surface area contributed by atoms with Crippen molar-refractivity contribution in [3.8, 4) is 5.75 Å². The Morgan fingerprint density at radius 3 is 2.44 bits per heavy atom. The Labute approximate surface area is 159 Å². The van der Waals surface area contributed by atoms with Crippen molar-refractivity contribution in [2.24, 2.45) is 0 Å². The smallest absolute Gasteiger partial charge is 0.274 e. The number of anilines is 1. The first-order valence-corrected chi connectivity index (χ1v) is 9.38. The molecule has 0 bridgehead atoms. The van der Waals surface area contributed by atoms with Gasteiger partial charge in [-0.2, -0.15) is 0 Å². The first kappa shape index (κ1) is 18.9. The maximum absolute atomic E-state index is 12.6. The van der Waals surface area contributed by atoms with Crippen LogP contribution in [0, 0.1) is 0 Å². The molecule has 0 spiro atoms. The van der Waals surface area contributed by atoms with Crippen LogP contribution in [0.5, 0.6) is 5.75 Å². The molecule has 27 heavy (non-hydrogen) atoms. The fraction of sp³-hybridized carbons (Fsp3) is 0.381. The van der Waals surface area contributed by atoms with Crippen LogP contribution in [0.25, 0.3) is 0 Å². The molecule has 6 nitrogen and oxygen atoms in total. The van der Waals surface area contributed by atoms with Crippen molar-refractivity contribution in [3.05, 3.63) is 53.9 Å². The van der Waals surface area contributed by atoms with Gasteiger partial charge in [0.15, 0.2) is 0 Å². The Hall–Kier alpha value is -2.89. The summed E-state index contributed by atoms with van der Waals surface area (Å²) in [5.41, 5.74) is 1.08. The first-order valence-electron chi connectivity index (χ1n) is 9.38. The number of para-hydroxylation sites is 2. The zero-order valence-corrected chi connectivity index (χ0v) is 15.8. The number of nitrogens with one attached hydrogen (secondary N) is 1. The number of likely N-dealkylation sites (tertiary alicyclic amines) is 1. The molecule has 0 saturated carbocycles. The van der Waals surface area contributed by atoms with Crippen molar-refractivity contribution >= 4 is 17.5 Å². The second-order valence-corrected chi connectivity index (χ2v) is 6.88. The molecule has 1 saturated heterocycles. The molecule has 1 aromatic carbocycles. The maximum atomic E-state index is 12.6. The van der Waals surface area contributed by atoms with Crippen LogP contribution < -0.4 is 10.1 Å². The van der Waals surface area contributed by atoms with E-state index in [1.54, 1.807) is 35.2 Å². The van der Waals surface area contributed by atoms with Gasteiger partial charge in [0, 0.05) is 13.1 Å². The van der Waals surface area contributed by atoms with Gasteiger partial charge in [0.1, 0.15) is 17.1 Å². The molecule has 1 aromatic heterocycles. The second kappa shape index (κ2) is 8.66. The molecule has 0 radical (unpaired) electrons. The molecular formula is C21H25N3O3. The monoisotopic (exact) mass is 367 g/mol. The molecule has 1 aliphatic heterocycles. The fourth-order valence-corrected chi connectivity index (χ4v) is 3.05. The lowest BCUT2D eigenvalue weighted by atomic mass is 10.1. The van der Waals surface area contributed by atoms with Gasteiger partial charge >= 0.3 is 0 Å². The number of benzene rings is 1. The average Bonchev–Trinajstić information content (AvgIpc) is 2.69. The number of hydrogen-bond acceptors (Lipinski definition) is 4. The number of rotatable bonds is 5. The number of amides is 2. The van der Waals surface area contributed by atoms with Gasteiger partial charge in [0.05, 0.1) is 11.8 Å². The third-order valence-corrected chi connectivity index (χ3v) is 4.34. The van der Waals surface area contributed by atoms with Crippen LogP contribution in [0.4, 0.5) is 5.69 Å². The van der Waals surface area contributed by atoms with E-state index in [1.807, 2.05) is 26.0 Å². The fourth-order valence-electron chi connectivity index (χ4n) is 3.05. The second-order valence-electron chi connectivity index (χ2n) is 6.88. The SMILES string of the molecule is CC(C)Oc1ccccc1NC(=O)c1cccc(C(=O)N2CCCCC2)n1. The van der Waals surface area contributed by atoms with Crippen LogP contribution in [-0.2, 0) is 0 Å². The summed E-state index contributed by atoms with van der Waals surface area (Å²) in [5, 5.41) is 2.83. The van der Waals surface area contributed by atoms with E-state index >= 15 is 0 Å². The van der Waals surface area contributed by atoms with E-state index in [9.17, 15) is 9.59 Å². The first-order chi connectivity index (χ1) is 13.0. The van der Waals surface area contributed by atoms with E-state index in [4.69, 9.17) is 4.74 Å². The molecule has 142 valence electrons. The Morgan fingerprint density at radius 1 is 1.00 bits per heavy atom. The van der Waals surface area contributed by atoms with E-state index in [2.05, 4.69) is 10.3 Å². The number of ether oxygens (including phenoxy) is 1. The third-order valence-electron chi connectivity index (χ3n) is 4.34. The van der Waals surface area contributed by atoms with Gasteiger partial charge in [-0.25, -0.2) is 4.98 Å². The molecule has 0 atom stereocenters. The molecule has 1 fully saturated rings. The summed E-state index contributed by atoms with van der Waals surface area (Å²) in [6.45, 7) is 5.35. The lowest BCUT2D eigenvalue weighted by Gasteiger charge is -2.26. The largest absolute Gasteiger partial charge is 0.489 e. The van der Waals surface area contributed by atoms with Crippen molar-refractivity contribution < 1.29 is 14.3 Å². The van der Waals surface area contributed by atoms with Crippen molar-refractivity contribution in [2.45, 2.75) is 39.2 Å². The van der Waals surface area contributed by atoms with Crippen molar-refractivity contribution in [1.82, 2.24) is 9.88 Å². The van der Waals surface area contributed by atoms with E-state index in [0.717, 1.165) is 32.4 Å². The Bertz CT molecular complexity index is 814. The molecule has 3 rings (SSSR count). The quantitative estimate of drug-likeness (QED) is 0.874. The van der Waals surface area contributed by atoms with Gasteiger partial charge < -0.3 is 15.0 Å².